The van der Waals surface area contributed by atoms with Crippen LogP contribution in [-0.2, 0) is 23.7 Å². The molecule has 0 N–H and O–H groups in total. The Morgan fingerprint density at radius 2 is 2.21 bits per heavy atom. The minimum Gasteiger partial charge on any atom is -0.465 e. The van der Waals surface area contributed by atoms with Crippen LogP contribution in [0.1, 0.15) is 28.8 Å². The SMILES string of the molecule is CCn1cncc1Cn1c(CCl)nc2c(F)cc(C(=O)OC)cc21. The van der Waals surface area contributed by atoms with Crippen LogP contribution < -0.4 is 0 Å². The first-order chi connectivity index (χ1) is 11.6. The van der Waals surface area contributed by atoms with Gasteiger partial charge >= 0.3 is 5.97 Å². The van der Waals surface area contributed by atoms with Crippen molar-refractivity contribution in [3.8, 4) is 0 Å². The number of ether oxygens (including phenoxy) is 1. The Balaban J connectivity index is 2.17. The summed E-state index contributed by atoms with van der Waals surface area (Å²) in [7, 11) is 1.26. The standard InChI is InChI=1S/C16H16ClFN4O2/c1-3-21-9-19-7-11(21)8-22-13-5-10(16(23)24-2)4-12(18)15(13)20-14(22)6-17/h4-5,7,9H,3,6,8H2,1-2H3. The molecule has 126 valence electrons. The molecular weight excluding hydrogens is 335 g/mol. The van der Waals surface area contributed by atoms with Crippen molar-refractivity contribution in [2.75, 3.05) is 7.11 Å². The zero-order valence-electron chi connectivity index (χ0n) is 13.3. The lowest BCUT2D eigenvalue weighted by Gasteiger charge is -2.10. The molecule has 0 saturated carbocycles. The van der Waals surface area contributed by atoms with Gasteiger partial charge in [0.05, 0.1) is 42.6 Å². The highest BCUT2D eigenvalue weighted by Gasteiger charge is 2.18. The van der Waals surface area contributed by atoms with E-state index in [9.17, 15) is 9.18 Å². The van der Waals surface area contributed by atoms with Gasteiger partial charge in [-0.2, -0.15) is 0 Å². The van der Waals surface area contributed by atoms with Crippen molar-refractivity contribution in [1.29, 1.82) is 0 Å². The van der Waals surface area contributed by atoms with E-state index in [-0.39, 0.29) is 17.0 Å². The first-order valence-electron chi connectivity index (χ1n) is 7.41. The number of hydrogen-bond donors (Lipinski definition) is 0. The molecule has 0 aliphatic heterocycles. The van der Waals surface area contributed by atoms with Crippen LogP contribution >= 0.6 is 11.6 Å². The normalized spacial score (nSPS) is 11.2. The number of alkyl halides is 1. The number of benzene rings is 1. The molecule has 3 aromatic rings. The predicted molar refractivity (Wildman–Crippen MR) is 87.6 cm³/mol. The number of carbonyl (C=O) groups excluding carboxylic acids is 1. The fraction of sp³-hybridized carbons (Fsp3) is 0.312. The second-order valence-electron chi connectivity index (χ2n) is 5.24. The number of esters is 1. The van der Waals surface area contributed by atoms with Crippen LogP contribution in [0.3, 0.4) is 0 Å². The summed E-state index contributed by atoms with van der Waals surface area (Å²) in [6.45, 7) is 3.20. The number of halogens is 2. The second kappa shape index (κ2) is 6.60. The summed E-state index contributed by atoms with van der Waals surface area (Å²) >= 11 is 5.98. The number of aryl methyl sites for hydroxylation is 1. The Morgan fingerprint density at radius 3 is 2.88 bits per heavy atom. The number of rotatable bonds is 5. The van der Waals surface area contributed by atoms with E-state index in [1.165, 1.54) is 7.11 Å². The third-order valence-corrected chi connectivity index (χ3v) is 4.13. The maximum atomic E-state index is 14.4. The third kappa shape index (κ3) is 2.75. The van der Waals surface area contributed by atoms with Crippen LogP contribution in [0.2, 0.25) is 0 Å². The van der Waals surface area contributed by atoms with Gasteiger partial charge in [-0.3, -0.25) is 0 Å². The Labute approximate surface area is 142 Å². The van der Waals surface area contributed by atoms with Gasteiger partial charge in [-0.1, -0.05) is 0 Å². The minimum atomic E-state index is -0.602. The summed E-state index contributed by atoms with van der Waals surface area (Å²) in [5, 5.41) is 0. The summed E-state index contributed by atoms with van der Waals surface area (Å²) in [4.78, 5) is 20.2. The smallest absolute Gasteiger partial charge is 0.338 e. The molecule has 8 heteroatoms. The van der Waals surface area contributed by atoms with Crippen LogP contribution in [0.5, 0.6) is 0 Å². The van der Waals surface area contributed by atoms with Crippen molar-refractivity contribution < 1.29 is 13.9 Å². The van der Waals surface area contributed by atoms with Gasteiger partial charge in [0.25, 0.3) is 0 Å². The fourth-order valence-corrected chi connectivity index (χ4v) is 2.87. The van der Waals surface area contributed by atoms with Gasteiger partial charge in [-0.15, -0.1) is 11.6 Å². The Kier molecular flexibility index (Phi) is 4.53. The monoisotopic (exact) mass is 350 g/mol. The summed E-state index contributed by atoms with van der Waals surface area (Å²) < 4.78 is 22.8. The molecule has 0 bridgehead atoms. The number of imidazole rings is 2. The van der Waals surface area contributed by atoms with Gasteiger partial charge in [-0.25, -0.2) is 19.2 Å². The molecule has 24 heavy (non-hydrogen) atoms. The van der Waals surface area contributed by atoms with Crippen molar-refractivity contribution >= 4 is 28.6 Å². The number of carbonyl (C=O) groups is 1. The van der Waals surface area contributed by atoms with E-state index in [1.54, 1.807) is 23.2 Å². The van der Waals surface area contributed by atoms with Crippen LogP contribution in [0.4, 0.5) is 4.39 Å². The number of methoxy groups -OCH3 is 1. The van der Waals surface area contributed by atoms with Gasteiger partial charge in [0.15, 0.2) is 5.82 Å². The highest BCUT2D eigenvalue weighted by Crippen LogP contribution is 2.24. The number of aromatic nitrogens is 4. The van der Waals surface area contributed by atoms with Gasteiger partial charge < -0.3 is 13.9 Å². The molecule has 0 spiro atoms. The molecular formula is C16H16ClFN4O2. The molecule has 2 aromatic heterocycles. The zero-order chi connectivity index (χ0) is 17.3. The molecule has 0 amide bonds. The highest BCUT2D eigenvalue weighted by atomic mass is 35.5. The molecule has 1 aromatic carbocycles. The number of nitrogens with zero attached hydrogens (tertiary/aromatic N) is 4. The minimum absolute atomic E-state index is 0.127. The number of hydrogen-bond acceptors (Lipinski definition) is 4. The lowest BCUT2D eigenvalue weighted by Crippen LogP contribution is -2.09. The summed E-state index contributed by atoms with van der Waals surface area (Å²) in [5.41, 5.74) is 1.75. The lowest BCUT2D eigenvalue weighted by molar-refractivity contribution is 0.0600. The lowest BCUT2D eigenvalue weighted by atomic mass is 10.2. The quantitative estimate of drug-likeness (QED) is 0.524. The third-order valence-electron chi connectivity index (χ3n) is 3.89. The number of fused-ring (bicyclic) bond motifs is 1. The van der Waals surface area contributed by atoms with E-state index >= 15 is 0 Å². The Hall–Kier alpha value is -2.41. The first-order valence-corrected chi connectivity index (χ1v) is 7.94. The molecule has 0 aliphatic carbocycles. The molecule has 6 nitrogen and oxygen atoms in total. The van der Waals surface area contributed by atoms with Crippen molar-refractivity contribution in [3.05, 3.63) is 47.6 Å². The predicted octanol–water partition coefficient (Wildman–Crippen LogP) is 2.97. The molecule has 0 atom stereocenters. The highest BCUT2D eigenvalue weighted by molar-refractivity contribution is 6.16. The van der Waals surface area contributed by atoms with Crippen LogP contribution in [0.25, 0.3) is 11.0 Å². The molecule has 0 radical (unpaired) electrons. The Morgan fingerprint density at radius 1 is 1.42 bits per heavy atom. The van der Waals surface area contributed by atoms with E-state index in [1.807, 2.05) is 11.5 Å². The van der Waals surface area contributed by atoms with Crippen molar-refractivity contribution in [2.24, 2.45) is 0 Å². The molecule has 0 aliphatic rings. The van der Waals surface area contributed by atoms with Crippen molar-refractivity contribution in [3.63, 3.8) is 0 Å². The van der Waals surface area contributed by atoms with Gasteiger partial charge in [0.2, 0.25) is 0 Å². The van der Waals surface area contributed by atoms with Crippen molar-refractivity contribution in [1.82, 2.24) is 19.1 Å². The molecule has 3 rings (SSSR count). The van der Waals surface area contributed by atoms with E-state index in [4.69, 9.17) is 11.6 Å². The zero-order valence-corrected chi connectivity index (χ0v) is 14.0. The van der Waals surface area contributed by atoms with Crippen LogP contribution in [-0.4, -0.2) is 32.2 Å². The van der Waals surface area contributed by atoms with Crippen LogP contribution in [0, 0.1) is 5.82 Å². The van der Waals surface area contributed by atoms with E-state index in [0.717, 1.165) is 18.3 Å². The fourth-order valence-electron chi connectivity index (χ4n) is 2.67. The average molecular weight is 351 g/mol. The Bertz CT molecular complexity index is 903. The first kappa shape index (κ1) is 16.4. The maximum absolute atomic E-state index is 14.4. The summed E-state index contributed by atoms with van der Waals surface area (Å²) in [6, 6.07) is 2.69. The molecule has 0 fully saturated rings. The van der Waals surface area contributed by atoms with Gasteiger partial charge in [-0.05, 0) is 19.1 Å². The van der Waals surface area contributed by atoms with E-state index < -0.39 is 11.8 Å². The van der Waals surface area contributed by atoms with Gasteiger partial charge in [0.1, 0.15) is 11.3 Å². The molecule has 0 saturated heterocycles. The van der Waals surface area contributed by atoms with E-state index in [0.29, 0.717) is 17.9 Å². The summed E-state index contributed by atoms with van der Waals surface area (Å²) in [5.74, 6) is -0.532. The van der Waals surface area contributed by atoms with E-state index in [2.05, 4.69) is 14.7 Å². The van der Waals surface area contributed by atoms with Gasteiger partial charge in [0, 0.05) is 12.7 Å². The molecule has 2 heterocycles. The van der Waals surface area contributed by atoms with Crippen LogP contribution in [0.15, 0.2) is 24.7 Å². The second-order valence-corrected chi connectivity index (χ2v) is 5.50. The van der Waals surface area contributed by atoms with Crippen molar-refractivity contribution in [2.45, 2.75) is 25.9 Å². The summed E-state index contributed by atoms with van der Waals surface area (Å²) in [6.07, 6.45) is 3.48. The average Bonchev–Trinajstić information content (AvgIpc) is 3.19. The topological polar surface area (TPSA) is 61.9 Å². The largest absolute Gasteiger partial charge is 0.465 e. The maximum Gasteiger partial charge on any atom is 0.338 e. The molecule has 0 unspecified atom stereocenters.